The fourth-order valence-corrected chi connectivity index (χ4v) is 2.66. The molecule has 0 aliphatic heterocycles. The first-order chi connectivity index (χ1) is 14.6. The third kappa shape index (κ3) is 6.46. The summed E-state index contributed by atoms with van der Waals surface area (Å²) in [5, 5.41) is 7.00. The lowest BCUT2D eigenvalue weighted by molar-refractivity contribution is -0.120. The van der Waals surface area contributed by atoms with Gasteiger partial charge in [0.05, 0.1) is 12.8 Å². The number of carbonyl (C=O) groups excluding carboxylic acids is 2. The predicted octanol–water partition coefficient (Wildman–Crippen LogP) is 3.80. The molecule has 6 nitrogen and oxygen atoms in total. The quantitative estimate of drug-likeness (QED) is 0.429. The van der Waals surface area contributed by atoms with Gasteiger partial charge in [-0.1, -0.05) is 54.1 Å². The molecule has 0 aromatic heterocycles. The highest BCUT2D eigenvalue weighted by Crippen LogP contribution is 2.17. The lowest BCUT2D eigenvalue weighted by atomic mass is 10.2. The Balaban J connectivity index is 1.49. The SMILES string of the molecule is O=C(CNC(=O)c1ccc(Cl)cc1)NN=Cc1ccccc1OCc1ccccc1. The Hall–Kier alpha value is -3.64. The Kier molecular flexibility index (Phi) is 7.58. The zero-order valence-corrected chi connectivity index (χ0v) is 16.8. The van der Waals surface area contributed by atoms with Crippen LogP contribution in [0.4, 0.5) is 0 Å². The molecule has 0 aliphatic carbocycles. The molecule has 0 atom stereocenters. The second kappa shape index (κ2) is 10.8. The summed E-state index contributed by atoms with van der Waals surface area (Å²) in [5.41, 5.74) is 4.58. The molecule has 3 aromatic rings. The minimum atomic E-state index is -0.448. The fraction of sp³-hybridized carbons (Fsp3) is 0.0870. The number of para-hydroxylation sites is 1. The fourth-order valence-electron chi connectivity index (χ4n) is 2.53. The third-order valence-corrected chi connectivity index (χ3v) is 4.32. The van der Waals surface area contributed by atoms with Crippen LogP contribution >= 0.6 is 11.6 Å². The molecule has 0 bridgehead atoms. The van der Waals surface area contributed by atoms with E-state index in [1.54, 1.807) is 24.3 Å². The van der Waals surface area contributed by atoms with Gasteiger partial charge in [0, 0.05) is 16.1 Å². The predicted molar refractivity (Wildman–Crippen MR) is 117 cm³/mol. The Morgan fingerprint density at radius 3 is 2.40 bits per heavy atom. The number of hydrazone groups is 1. The summed E-state index contributed by atoms with van der Waals surface area (Å²) in [7, 11) is 0. The van der Waals surface area contributed by atoms with Gasteiger partial charge in [0.25, 0.3) is 11.8 Å². The molecule has 30 heavy (non-hydrogen) atoms. The normalized spacial score (nSPS) is 10.6. The highest BCUT2D eigenvalue weighted by atomic mass is 35.5. The van der Waals surface area contributed by atoms with Crippen LogP contribution in [0.3, 0.4) is 0 Å². The Bertz CT molecular complexity index is 1020. The second-order valence-corrected chi connectivity index (χ2v) is 6.73. The van der Waals surface area contributed by atoms with Gasteiger partial charge in [-0.25, -0.2) is 5.43 Å². The van der Waals surface area contributed by atoms with Crippen LogP contribution in [0.15, 0.2) is 84.0 Å². The van der Waals surface area contributed by atoms with Crippen LogP contribution in [-0.4, -0.2) is 24.6 Å². The molecule has 0 radical (unpaired) electrons. The number of nitrogens with zero attached hydrogens (tertiary/aromatic N) is 1. The van der Waals surface area contributed by atoms with Gasteiger partial charge in [0.2, 0.25) is 0 Å². The van der Waals surface area contributed by atoms with Crippen molar-refractivity contribution in [2.24, 2.45) is 5.10 Å². The molecule has 7 heteroatoms. The monoisotopic (exact) mass is 421 g/mol. The van der Waals surface area contributed by atoms with E-state index in [1.807, 2.05) is 54.6 Å². The number of nitrogens with one attached hydrogen (secondary N) is 2. The highest BCUT2D eigenvalue weighted by molar-refractivity contribution is 6.30. The van der Waals surface area contributed by atoms with Crippen LogP contribution in [0.1, 0.15) is 21.5 Å². The summed E-state index contributed by atoms with van der Waals surface area (Å²) >= 11 is 5.79. The van der Waals surface area contributed by atoms with Crippen LogP contribution < -0.4 is 15.5 Å². The average molecular weight is 422 g/mol. The number of rotatable bonds is 8. The smallest absolute Gasteiger partial charge is 0.259 e. The number of carbonyl (C=O) groups is 2. The Morgan fingerprint density at radius 1 is 0.933 bits per heavy atom. The number of hydrogen-bond donors (Lipinski definition) is 2. The van der Waals surface area contributed by atoms with Crippen molar-refractivity contribution in [2.75, 3.05) is 6.54 Å². The van der Waals surface area contributed by atoms with Crippen LogP contribution in [-0.2, 0) is 11.4 Å². The van der Waals surface area contributed by atoms with Gasteiger partial charge in [0.15, 0.2) is 0 Å². The zero-order valence-electron chi connectivity index (χ0n) is 16.0. The van der Waals surface area contributed by atoms with E-state index in [2.05, 4.69) is 15.8 Å². The average Bonchev–Trinajstić information content (AvgIpc) is 2.78. The van der Waals surface area contributed by atoms with Crippen molar-refractivity contribution in [2.45, 2.75) is 6.61 Å². The summed E-state index contributed by atoms with van der Waals surface area (Å²) in [6.45, 7) is 0.222. The van der Waals surface area contributed by atoms with Gasteiger partial charge in [-0.2, -0.15) is 5.10 Å². The van der Waals surface area contributed by atoms with Gasteiger partial charge in [-0.05, 0) is 42.0 Å². The van der Waals surface area contributed by atoms with Crippen LogP contribution in [0, 0.1) is 0 Å². The van der Waals surface area contributed by atoms with Crippen molar-refractivity contribution in [1.82, 2.24) is 10.7 Å². The van der Waals surface area contributed by atoms with Crippen LogP contribution in [0.25, 0.3) is 0 Å². The third-order valence-electron chi connectivity index (χ3n) is 4.06. The molecule has 0 saturated carbocycles. The van der Waals surface area contributed by atoms with Crippen molar-refractivity contribution in [3.63, 3.8) is 0 Å². The first kappa shape index (κ1) is 21.1. The molecule has 0 heterocycles. The van der Waals surface area contributed by atoms with E-state index in [-0.39, 0.29) is 12.5 Å². The number of ether oxygens (including phenoxy) is 1. The van der Waals surface area contributed by atoms with Gasteiger partial charge in [-0.15, -0.1) is 0 Å². The molecular weight excluding hydrogens is 402 g/mol. The summed E-state index contributed by atoms with van der Waals surface area (Å²) in [6.07, 6.45) is 1.50. The standard InChI is InChI=1S/C23H20ClN3O3/c24-20-12-10-18(11-13-20)23(29)25-15-22(28)27-26-14-19-8-4-5-9-21(19)30-16-17-6-2-1-3-7-17/h1-14H,15-16H2,(H,25,29)(H,27,28). The van der Waals surface area contributed by atoms with Crippen molar-refractivity contribution in [3.05, 3.63) is 101 Å². The maximum absolute atomic E-state index is 12.0. The van der Waals surface area contributed by atoms with Gasteiger partial charge >= 0.3 is 0 Å². The van der Waals surface area contributed by atoms with Crippen molar-refractivity contribution in [3.8, 4) is 5.75 Å². The number of halogens is 1. The maximum atomic E-state index is 12.0. The summed E-state index contributed by atoms with van der Waals surface area (Å²) in [5.74, 6) is -0.169. The van der Waals surface area contributed by atoms with E-state index in [0.717, 1.165) is 11.1 Å². The topological polar surface area (TPSA) is 79.8 Å². The molecule has 3 rings (SSSR count). The summed E-state index contributed by atoms with van der Waals surface area (Å²) in [6, 6.07) is 23.6. The maximum Gasteiger partial charge on any atom is 0.259 e. The van der Waals surface area contributed by atoms with Crippen LogP contribution in [0.5, 0.6) is 5.75 Å². The Labute approximate surface area is 179 Å². The largest absolute Gasteiger partial charge is 0.488 e. The highest BCUT2D eigenvalue weighted by Gasteiger charge is 2.07. The molecule has 0 saturated heterocycles. The van der Waals surface area contributed by atoms with E-state index in [1.165, 1.54) is 6.21 Å². The zero-order chi connectivity index (χ0) is 21.2. The van der Waals surface area contributed by atoms with Crippen molar-refractivity contribution < 1.29 is 14.3 Å². The number of amides is 2. The molecule has 0 unspecified atom stereocenters. The van der Waals surface area contributed by atoms with E-state index in [9.17, 15) is 9.59 Å². The number of benzene rings is 3. The molecular formula is C23H20ClN3O3. The molecule has 3 aromatic carbocycles. The Morgan fingerprint density at radius 2 is 1.63 bits per heavy atom. The summed E-state index contributed by atoms with van der Waals surface area (Å²) in [4.78, 5) is 23.9. The van der Waals surface area contributed by atoms with E-state index in [0.29, 0.717) is 22.9 Å². The van der Waals surface area contributed by atoms with E-state index >= 15 is 0 Å². The minimum absolute atomic E-state index is 0.203. The van der Waals surface area contributed by atoms with Gasteiger partial charge in [0.1, 0.15) is 12.4 Å². The lowest BCUT2D eigenvalue weighted by Crippen LogP contribution is -2.34. The summed E-state index contributed by atoms with van der Waals surface area (Å²) < 4.78 is 5.85. The molecule has 152 valence electrons. The minimum Gasteiger partial charge on any atom is -0.488 e. The van der Waals surface area contributed by atoms with Gasteiger partial charge < -0.3 is 10.1 Å². The lowest BCUT2D eigenvalue weighted by Gasteiger charge is -2.09. The first-order valence-electron chi connectivity index (χ1n) is 9.23. The molecule has 2 N–H and O–H groups in total. The van der Waals surface area contributed by atoms with Crippen LogP contribution in [0.2, 0.25) is 5.02 Å². The van der Waals surface area contributed by atoms with Crippen molar-refractivity contribution >= 4 is 29.6 Å². The molecule has 0 aliphatic rings. The van der Waals surface area contributed by atoms with E-state index < -0.39 is 5.91 Å². The molecule has 0 fully saturated rings. The molecule has 0 spiro atoms. The van der Waals surface area contributed by atoms with Crippen molar-refractivity contribution in [1.29, 1.82) is 0 Å². The number of hydrogen-bond acceptors (Lipinski definition) is 4. The van der Waals surface area contributed by atoms with Gasteiger partial charge in [-0.3, -0.25) is 9.59 Å². The van der Waals surface area contributed by atoms with E-state index in [4.69, 9.17) is 16.3 Å². The molecule has 2 amide bonds. The first-order valence-corrected chi connectivity index (χ1v) is 9.61. The second-order valence-electron chi connectivity index (χ2n) is 6.29.